The maximum atomic E-state index is 12.3. The molecule has 124 valence electrons. The number of hydrogen-bond acceptors (Lipinski definition) is 5. The molecule has 1 heterocycles. The molecule has 5 nitrogen and oxygen atoms in total. The first kappa shape index (κ1) is 18.9. The molecule has 0 radical (unpaired) electrons. The van der Waals surface area contributed by atoms with Crippen molar-refractivity contribution in [2.45, 2.75) is 51.9 Å². The number of thiophene rings is 1. The van der Waals surface area contributed by atoms with Gasteiger partial charge in [-0.3, -0.25) is 4.79 Å². The summed E-state index contributed by atoms with van der Waals surface area (Å²) in [6.07, 6.45) is -0.575. The van der Waals surface area contributed by atoms with E-state index in [9.17, 15) is 9.59 Å². The van der Waals surface area contributed by atoms with Gasteiger partial charge in [0.2, 0.25) is 0 Å². The van der Waals surface area contributed by atoms with E-state index < -0.39 is 20.4 Å². The molecule has 0 spiro atoms. The van der Waals surface area contributed by atoms with Crippen molar-refractivity contribution in [1.29, 1.82) is 0 Å². The summed E-state index contributed by atoms with van der Waals surface area (Å²) in [6.45, 7) is 12.3. The number of rotatable bonds is 5. The second kappa shape index (κ2) is 6.93. The van der Waals surface area contributed by atoms with Crippen LogP contribution in [0.3, 0.4) is 0 Å². The van der Waals surface area contributed by atoms with Gasteiger partial charge in [-0.2, -0.15) is 0 Å². The van der Waals surface area contributed by atoms with Crippen LogP contribution in [-0.2, 0) is 14.0 Å². The number of carbonyl (C=O) groups is 2. The zero-order valence-corrected chi connectivity index (χ0v) is 16.1. The van der Waals surface area contributed by atoms with Crippen LogP contribution in [0.25, 0.3) is 0 Å². The quantitative estimate of drug-likeness (QED) is 0.651. The number of hydrogen-bond donors (Lipinski definition) is 1. The van der Waals surface area contributed by atoms with Crippen molar-refractivity contribution in [2.75, 3.05) is 12.4 Å². The number of esters is 1. The SMILES string of the molecule is COC(=O)c1ccsc1NC(=O)[C@H](C)O[Si](C)(C)C(C)(C)C. The van der Waals surface area contributed by atoms with Gasteiger partial charge in [-0.05, 0) is 36.5 Å². The normalized spacial score (nSPS) is 13.6. The fourth-order valence-electron chi connectivity index (χ4n) is 1.56. The Bertz CT molecular complexity index is 548. The first-order chi connectivity index (χ1) is 9.99. The van der Waals surface area contributed by atoms with Crippen LogP contribution in [0.5, 0.6) is 0 Å². The van der Waals surface area contributed by atoms with Crippen LogP contribution in [0.15, 0.2) is 11.4 Å². The summed E-state index contributed by atoms with van der Waals surface area (Å²) in [6, 6.07) is 1.63. The largest absolute Gasteiger partial charge is 0.465 e. The highest BCUT2D eigenvalue weighted by Gasteiger charge is 2.39. The van der Waals surface area contributed by atoms with Crippen molar-refractivity contribution >= 4 is 36.5 Å². The molecule has 1 rings (SSSR count). The molecule has 0 aliphatic rings. The number of methoxy groups -OCH3 is 1. The highest BCUT2D eigenvalue weighted by molar-refractivity contribution is 7.14. The lowest BCUT2D eigenvalue weighted by molar-refractivity contribution is -0.122. The maximum absolute atomic E-state index is 12.3. The van der Waals surface area contributed by atoms with Crippen molar-refractivity contribution < 1.29 is 18.8 Å². The number of anilines is 1. The molecule has 0 aliphatic heterocycles. The summed E-state index contributed by atoms with van der Waals surface area (Å²) < 4.78 is 10.7. The van der Waals surface area contributed by atoms with Gasteiger partial charge in [-0.1, -0.05) is 20.8 Å². The van der Waals surface area contributed by atoms with E-state index >= 15 is 0 Å². The second-order valence-corrected chi connectivity index (χ2v) is 12.3. The Balaban J connectivity index is 2.78. The van der Waals surface area contributed by atoms with Gasteiger partial charge in [-0.15, -0.1) is 11.3 Å². The van der Waals surface area contributed by atoms with E-state index in [0.29, 0.717) is 10.6 Å². The lowest BCUT2D eigenvalue weighted by Crippen LogP contribution is -2.46. The van der Waals surface area contributed by atoms with Crippen molar-refractivity contribution in [3.8, 4) is 0 Å². The molecule has 1 amide bonds. The number of nitrogens with one attached hydrogen (secondary N) is 1. The van der Waals surface area contributed by atoms with Crippen molar-refractivity contribution in [2.24, 2.45) is 0 Å². The molecular formula is C15H25NO4SSi. The molecule has 1 atom stereocenters. The number of ether oxygens (including phenoxy) is 1. The van der Waals surface area contributed by atoms with Crippen LogP contribution < -0.4 is 5.32 Å². The molecule has 22 heavy (non-hydrogen) atoms. The first-order valence-corrected chi connectivity index (χ1v) is 10.9. The summed E-state index contributed by atoms with van der Waals surface area (Å²) in [5.41, 5.74) is 0.361. The van der Waals surface area contributed by atoms with Gasteiger partial charge < -0.3 is 14.5 Å². The Hall–Kier alpha value is -1.18. The van der Waals surface area contributed by atoms with E-state index in [0.717, 1.165) is 0 Å². The maximum Gasteiger partial charge on any atom is 0.340 e. The lowest BCUT2D eigenvalue weighted by Gasteiger charge is -2.37. The Morgan fingerprint density at radius 2 is 1.91 bits per heavy atom. The molecule has 0 unspecified atom stereocenters. The molecule has 0 saturated carbocycles. The van der Waals surface area contributed by atoms with Gasteiger partial charge in [-0.25, -0.2) is 4.79 Å². The van der Waals surface area contributed by atoms with Crippen molar-refractivity contribution in [1.82, 2.24) is 0 Å². The summed E-state index contributed by atoms with van der Waals surface area (Å²) in [4.78, 5) is 23.9. The molecule has 0 aliphatic carbocycles. The van der Waals surface area contributed by atoms with E-state index in [-0.39, 0.29) is 10.9 Å². The predicted octanol–water partition coefficient (Wildman–Crippen LogP) is 3.88. The molecule has 1 aromatic rings. The summed E-state index contributed by atoms with van der Waals surface area (Å²) in [5, 5.41) is 5.01. The third kappa shape index (κ3) is 4.41. The van der Waals surface area contributed by atoms with Crippen LogP contribution in [-0.4, -0.2) is 33.4 Å². The Labute approximate surface area is 137 Å². The highest BCUT2D eigenvalue weighted by Crippen LogP contribution is 2.37. The van der Waals surface area contributed by atoms with E-state index in [4.69, 9.17) is 9.16 Å². The molecule has 1 N–H and O–H groups in total. The van der Waals surface area contributed by atoms with Crippen LogP contribution in [0, 0.1) is 0 Å². The van der Waals surface area contributed by atoms with Gasteiger partial charge in [0.25, 0.3) is 5.91 Å². The smallest absolute Gasteiger partial charge is 0.340 e. The van der Waals surface area contributed by atoms with Crippen molar-refractivity contribution in [3.63, 3.8) is 0 Å². The average Bonchev–Trinajstić information content (AvgIpc) is 2.84. The number of amides is 1. The highest BCUT2D eigenvalue weighted by atomic mass is 32.1. The third-order valence-corrected chi connectivity index (χ3v) is 9.34. The Morgan fingerprint density at radius 3 is 2.41 bits per heavy atom. The minimum Gasteiger partial charge on any atom is -0.465 e. The van der Waals surface area contributed by atoms with E-state index in [2.05, 4.69) is 39.2 Å². The van der Waals surface area contributed by atoms with Gasteiger partial charge in [0.1, 0.15) is 11.1 Å². The summed E-state index contributed by atoms with van der Waals surface area (Å²) in [5.74, 6) is -0.716. The Morgan fingerprint density at radius 1 is 1.32 bits per heavy atom. The van der Waals surface area contributed by atoms with Crippen molar-refractivity contribution in [3.05, 3.63) is 17.0 Å². The monoisotopic (exact) mass is 343 g/mol. The molecule has 0 bridgehead atoms. The van der Waals surface area contributed by atoms with Gasteiger partial charge in [0.05, 0.1) is 12.7 Å². The van der Waals surface area contributed by atoms with E-state index in [1.54, 1.807) is 18.4 Å². The van der Waals surface area contributed by atoms with Gasteiger partial charge in [0.15, 0.2) is 8.32 Å². The second-order valence-electron chi connectivity index (χ2n) is 6.66. The lowest BCUT2D eigenvalue weighted by atomic mass is 10.2. The van der Waals surface area contributed by atoms with Crippen LogP contribution in [0.1, 0.15) is 38.1 Å². The van der Waals surface area contributed by atoms with E-state index in [1.165, 1.54) is 18.4 Å². The minimum absolute atomic E-state index is 0.0294. The summed E-state index contributed by atoms with van der Waals surface area (Å²) in [7, 11) is -0.709. The third-order valence-electron chi connectivity index (χ3n) is 3.95. The standard InChI is InChI=1S/C15H25NO4SSi/c1-10(20-22(6,7)15(2,3)4)12(17)16-13-11(8-9-21-13)14(18)19-5/h8-10H,1-7H3,(H,16,17)/t10-/m0/s1. The fourth-order valence-corrected chi connectivity index (χ4v) is 3.69. The van der Waals surface area contributed by atoms with Crippen LogP contribution in [0.4, 0.5) is 5.00 Å². The zero-order valence-electron chi connectivity index (χ0n) is 14.3. The Kier molecular flexibility index (Phi) is 5.94. The summed E-state index contributed by atoms with van der Waals surface area (Å²) >= 11 is 1.29. The predicted molar refractivity (Wildman–Crippen MR) is 92.0 cm³/mol. The van der Waals surface area contributed by atoms with Gasteiger partial charge >= 0.3 is 5.97 Å². The fraction of sp³-hybridized carbons (Fsp3) is 0.600. The minimum atomic E-state index is -2.02. The van der Waals surface area contributed by atoms with E-state index in [1.807, 2.05) is 0 Å². The zero-order chi connectivity index (χ0) is 17.1. The van der Waals surface area contributed by atoms with Gasteiger partial charge in [0, 0.05) is 0 Å². The molecule has 1 aromatic heterocycles. The molecule has 0 aromatic carbocycles. The van der Waals surface area contributed by atoms with Crippen LogP contribution >= 0.6 is 11.3 Å². The molecule has 0 saturated heterocycles. The molecule has 7 heteroatoms. The number of carbonyl (C=O) groups excluding carboxylic acids is 2. The van der Waals surface area contributed by atoms with Crippen LogP contribution in [0.2, 0.25) is 18.1 Å². The topological polar surface area (TPSA) is 64.6 Å². The first-order valence-electron chi connectivity index (χ1n) is 7.14. The molecule has 0 fully saturated rings. The molecular weight excluding hydrogens is 318 g/mol. The average molecular weight is 344 g/mol.